The molecular weight excluding hydrogens is 412 g/mol. The molecule has 0 saturated heterocycles. The lowest BCUT2D eigenvalue weighted by atomic mass is 9.52. The largest absolute Gasteiger partial charge is 0.352 e. The summed E-state index contributed by atoms with van der Waals surface area (Å²) in [6.45, 7) is 15.2. The van der Waals surface area contributed by atoms with Gasteiger partial charge < -0.3 is 9.80 Å². The molecule has 0 unspecified atom stereocenters. The molecule has 4 aliphatic carbocycles. The number of fused-ring (bicyclic) bond motifs is 1. The van der Waals surface area contributed by atoms with Crippen molar-refractivity contribution in [2.24, 2.45) is 17.8 Å². The van der Waals surface area contributed by atoms with E-state index in [1.54, 1.807) is 0 Å². The molecule has 0 spiro atoms. The van der Waals surface area contributed by atoms with Crippen LogP contribution in [0.25, 0.3) is 5.70 Å². The summed E-state index contributed by atoms with van der Waals surface area (Å²) in [5, 5.41) is 0. The van der Waals surface area contributed by atoms with Crippen LogP contribution in [0.3, 0.4) is 0 Å². The Bertz CT molecular complexity index is 1000. The minimum atomic E-state index is 0.418. The van der Waals surface area contributed by atoms with Crippen molar-refractivity contribution in [3.63, 3.8) is 0 Å². The molecule has 0 atom stereocenters. The first-order chi connectivity index (χ1) is 16.2. The molecule has 4 bridgehead atoms. The Balaban J connectivity index is 1.39. The van der Waals surface area contributed by atoms with Gasteiger partial charge >= 0.3 is 0 Å². The van der Waals surface area contributed by atoms with E-state index < -0.39 is 0 Å². The van der Waals surface area contributed by atoms with Gasteiger partial charge in [0.05, 0.1) is 18.1 Å². The van der Waals surface area contributed by atoms with Crippen molar-refractivity contribution < 1.29 is 0 Å². The molecule has 7 rings (SSSR count). The average Bonchev–Trinajstić information content (AvgIpc) is 3.22. The second-order valence-corrected chi connectivity index (χ2v) is 13.2. The molecule has 2 heterocycles. The van der Waals surface area contributed by atoms with Gasteiger partial charge in [0.2, 0.25) is 0 Å². The number of benzene rings is 1. The third-order valence-electron chi connectivity index (χ3n) is 9.71. The zero-order chi connectivity index (χ0) is 23.8. The predicted molar refractivity (Wildman–Crippen MR) is 143 cm³/mol. The van der Waals surface area contributed by atoms with Crippen LogP contribution in [0.2, 0.25) is 0 Å². The molecular formula is C32H44N2. The van der Waals surface area contributed by atoms with Crippen molar-refractivity contribution >= 4 is 5.70 Å². The third-order valence-corrected chi connectivity index (χ3v) is 9.71. The molecule has 2 aliphatic heterocycles. The van der Waals surface area contributed by atoms with E-state index in [4.69, 9.17) is 0 Å². The van der Waals surface area contributed by atoms with Crippen molar-refractivity contribution in [2.45, 2.75) is 103 Å². The van der Waals surface area contributed by atoms with Gasteiger partial charge in [0.25, 0.3) is 0 Å². The number of hydrogen-bond acceptors (Lipinski definition) is 2. The van der Waals surface area contributed by atoms with E-state index in [9.17, 15) is 0 Å². The summed E-state index contributed by atoms with van der Waals surface area (Å²) in [6.07, 6.45) is 18.4. The van der Waals surface area contributed by atoms with Crippen molar-refractivity contribution in [3.8, 4) is 0 Å². The topological polar surface area (TPSA) is 6.48 Å². The fourth-order valence-electron chi connectivity index (χ4n) is 8.35. The smallest absolute Gasteiger partial charge is 0.0953 e. The molecule has 4 fully saturated rings. The van der Waals surface area contributed by atoms with Gasteiger partial charge in [-0.2, -0.15) is 0 Å². The van der Waals surface area contributed by atoms with E-state index >= 15 is 0 Å². The van der Waals surface area contributed by atoms with E-state index in [1.807, 2.05) is 0 Å². The SMILES string of the molecule is CC(C)c1cc(C(C)C)c(C2=CC=CC3=CN(C45CC6CC(CC(C6)C4)C5)CN32)c(C(C)C)c1. The maximum atomic E-state index is 2.79. The van der Waals surface area contributed by atoms with Crippen LogP contribution in [0.4, 0.5) is 0 Å². The van der Waals surface area contributed by atoms with Crippen LogP contribution in [0, 0.1) is 17.8 Å². The highest BCUT2D eigenvalue weighted by Crippen LogP contribution is 2.59. The Labute approximate surface area is 207 Å². The van der Waals surface area contributed by atoms with Crippen molar-refractivity contribution in [3.05, 3.63) is 64.5 Å². The van der Waals surface area contributed by atoms with E-state index in [2.05, 4.69) is 87.9 Å². The van der Waals surface area contributed by atoms with Gasteiger partial charge in [0.1, 0.15) is 0 Å². The molecule has 34 heavy (non-hydrogen) atoms. The second kappa shape index (κ2) is 8.04. The molecule has 0 N–H and O–H groups in total. The van der Waals surface area contributed by atoms with Gasteiger partial charge in [0, 0.05) is 17.3 Å². The summed E-state index contributed by atoms with van der Waals surface area (Å²) in [5.74, 6) is 4.52. The van der Waals surface area contributed by atoms with E-state index in [0.717, 1.165) is 24.4 Å². The minimum absolute atomic E-state index is 0.418. The summed E-state index contributed by atoms with van der Waals surface area (Å²) in [7, 11) is 0. The van der Waals surface area contributed by atoms with Crippen LogP contribution in [0.1, 0.15) is 120 Å². The predicted octanol–water partition coefficient (Wildman–Crippen LogP) is 8.35. The van der Waals surface area contributed by atoms with Gasteiger partial charge in [-0.1, -0.05) is 59.8 Å². The number of hydrogen-bond donors (Lipinski definition) is 0. The van der Waals surface area contributed by atoms with Crippen LogP contribution in [0.15, 0.2) is 42.3 Å². The summed E-state index contributed by atoms with van der Waals surface area (Å²) in [6, 6.07) is 5.01. The monoisotopic (exact) mass is 456 g/mol. The lowest BCUT2D eigenvalue weighted by molar-refractivity contribution is -0.0727. The van der Waals surface area contributed by atoms with Gasteiger partial charge in [-0.05, 0) is 103 Å². The molecule has 6 aliphatic rings. The molecule has 1 aromatic carbocycles. The zero-order valence-corrected chi connectivity index (χ0v) is 22.3. The lowest BCUT2D eigenvalue weighted by Crippen LogP contribution is -2.58. The first-order valence-electron chi connectivity index (χ1n) is 14.1. The van der Waals surface area contributed by atoms with Crippen LogP contribution < -0.4 is 0 Å². The van der Waals surface area contributed by atoms with Crippen molar-refractivity contribution in [1.29, 1.82) is 0 Å². The highest BCUT2D eigenvalue weighted by atomic mass is 15.4. The van der Waals surface area contributed by atoms with Gasteiger partial charge in [-0.25, -0.2) is 0 Å². The maximum Gasteiger partial charge on any atom is 0.0953 e. The Morgan fingerprint density at radius 2 is 1.35 bits per heavy atom. The quantitative estimate of drug-likeness (QED) is 0.439. The first-order valence-corrected chi connectivity index (χ1v) is 14.1. The highest BCUT2D eigenvalue weighted by Gasteiger charge is 2.54. The van der Waals surface area contributed by atoms with E-state index in [1.165, 1.54) is 72.2 Å². The number of rotatable bonds is 5. The van der Waals surface area contributed by atoms with E-state index in [-0.39, 0.29) is 0 Å². The van der Waals surface area contributed by atoms with Gasteiger partial charge in [0.15, 0.2) is 0 Å². The summed E-state index contributed by atoms with van der Waals surface area (Å²) < 4.78 is 0. The van der Waals surface area contributed by atoms with Crippen LogP contribution in [0.5, 0.6) is 0 Å². The van der Waals surface area contributed by atoms with Crippen molar-refractivity contribution in [2.75, 3.05) is 6.67 Å². The normalized spacial score (nSPS) is 31.7. The van der Waals surface area contributed by atoms with Crippen LogP contribution in [-0.4, -0.2) is 22.0 Å². The Kier molecular flexibility index (Phi) is 5.32. The maximum absolute atomic E-state index is 2.79. The molecule has 4 saturated carbocycles. The molecule has 182 valence electrons. The Morgan fingerprint density at radius 1 is 0.794 bits per heavy atom. The fraction of sp³-hybridized carbons (Fsp3) is 0.625. The first kappa shape index (κ1) is 22.5. The van der Waals surface area contributed by atoms with Gasteiger partial charge in [-0.3, -0.25) is 0 Å². The second-order valence-electron chi connectivity index (χ2n) is 13.2. The molecule has 2 nitrogen and oxygen atoms in total. The average molecular weight is 457 g/mol. The third kappa shape index (κ3) is 3.50. The molecule has 0 amide bonds. The van der Waals surface area contributed by atoms with Crippen LogP contribution in [-0.2, 0) is 0 Å². The zero-order valence-electron chi connectivity index (χ0n) is 22.3. The molecule has 1 aromatic rings. The fourth-order valence-corrected chi connectivity index (χ4v) is 8.35. The van der Waals surface area contributed by atoms with Gasteiger partial charge in [-0.15, -0.1) is 0 Å². The molecule has 2 heteroatoms. The Hall–Kier alpha value is -1.96. The minimum Gasteiger partial charge on any atom is -0.352 e. The number of nitrogens with zero attached hydrogens (tertiary/aromatic N) is 2. The highest BCUT2D eigenvalue weighted by molar-refractivity contribution is 5.76. The lowest BCUT2D eigenvalue weighted by Gasteiger charge is -2.60. The molecule has 0 radical (unpaired) electrons. The van der Waals surface area contributed by atoms with Crippen molar-refractivity contribution in [1.82, 2.24) is 9.80 Å². The van der Waals surface area contributed by atoms with Crippen LogP contribution >= 0.6 is 0 Å². The molecule has 0 aromatic heterocycles. The summed E-state index contributed by atoms with van der Waals surface area (Å²) >= 11 is 0. The Morgan fingerprint density at radius 3 is 1.85 bits per heavy atom. The standard InChI is InChI=1S/C32H44N2/c1-20(2)26-13-28(21(3)4)31(29(14-26)22(5)6)30-9-7-8-27-18-33(19-34(27)30)32-15-23-10-24(16-32)12-25(11-23)17-32/h7-9,13-14,18,20-25H,10-12,15-17,19H2,1-6H3. The number of allylic oxidation sites excluding steroid dienone is 3. The van der Waals surface area contributed by atoms with E-state index in [0.29, 0.717) is 23.3 Å². The summed E-state index contributed by atoms with van der Waals surface area (Å²) in [5.41, 5.74) is 9.25. The summed E-state index contributed by atoms with van der Waals surface area (Å²) in [4.78, 5) is 5.43.